The summed E-state index contributed by atoms with van der Waals surface area (Å²) >= 11 is 6.10. The molecule has 0 saturated carbocycles. The van der Waals surface area contributed by atoms with Gasteiger partial charge in [-0.3, -0.25) is 4.79 Å². The third-order valence-electron chi connectivity index (χ3n) is 3.67. The molecule has 148 valence electrons. The highest BCUT2D eigenvalue weighted by Gasteiger charge is 2.16. The van der Waals surface area contributed by atoms with Crippen molar-refractivity contribution in [3.05, 3.63) is 53.1 Å². The maximum absolute atomic E-state index is 12.2. The molecule has 2 rings (SSSR count). The van der Waals surface area contributed by atoms with Crippen LogP contribution in [0.15, 0.2) is 47.4 Å². The highest BCUT2D eigenvalue weighted by atomic mass is 35.5. The Morgan fingerprint density at radius 3 is 2.71 bits per heavy atom. The summed E-state index contributed by atoms with van der Waals surface area (Å²) < 4.78 is 32.3. The Kier molecular flexibility index (Phi) is 7.81. The van der Waals surface area contributed by atoms with Crippen molar-refractivity contribution in [3.8, 4) is 11.8 Å². The molecule has 1 amide bonds. The zero-order valence-corrected chi connectivity index (χ0v) is 16.8. The molecule has 28 heavy (non-hydrogen) atoms. The monoisotopic (exact) mass is 421 g/mol. The molecule has 0 spiro atoms. The van der Waals surface area contributed by atoms with Crippen LogP contribution in [0.25, 0.3) is 0 Å². The molecule has 0 heterocycles. The summed E-state index contributed by atoms with van der Waals surface area (Å²) in [6.07, 6.45) is 1.61. The van der Waals surface area contributed by atoms with Crippen LogP contribution in [0.5, 0.6) is 5.75 Å². The number of rotatable bonds is 9. The Morgan fingerprint density at radius 2 is 2.04 bits per heavy atom. The number of ether oxygens (including phenoxy) is 1. The Morgan fingerprint density at radius 1 is 1.25 bits per heavy atom. The molecule has 0 unspecified atom stereocenters. The van der Waals surface area contributed by atoms with Crippen LogP contribution >= 0.6 is 11.6 Å². The first-order valence-electron chi connectivity index (χ1n) is 8.57. The van der Waals surface area contributed by atoms with Crippen molar-refractivity contribution in [1.29, 1.82) is 5.26 Å². The number of unbranched alkanes of at least 4 members (excludes halogenated alkanes) is 1. The molecule has 0 saturated heterocycles. The van der Waals surface area contributed by atoms with Gasteiger partial charge in [0.05, 0.1) is 21.6 Å². The van der Waals surface area contributed by atoms with E-state index in [9.17, 15) is 13.2 Å². The van der Waals surface area contributed by atoms with Gasteiger partial charge in [0.1, 0.15) is 5.75 Å². The van der Waals surface area contributed by atoms with Crippen LogP contribution in [0, 0.1) is 11.3 Å². The number of carbonyl (C=O) groups excluding carboxylic acids is 1. The van der Waals surface area contributed by atoms with E-state index in [0.29, 0.717) is 17.8 Å². The topological polar surface area (TPSA) is 108 Å². The zero-order chi connectivity index (χ0) is 20.6. The lowest BCUT2D eigenvalue weighted by atomic mass is 10.2. The molecule has 0 aliphatic rings. The number of nitrogens with zero attached hydrogens (tertiary/aromatic N) is 1. The molecular formula is C19H20ClN3O4S. The molecule has 0 fully saturated rings. The highest BCUT2D eigenvalue weighted by molar-refractivity contribution is 7.89. The SMILES string of the molecule is CCCCNS(=O)(=O)c1ccc(OCC(=O)Nc2cccc(C#N)c2)c(Cl)c1. The summed E-state index contributed by atoms with van der Waals surface area (Å²) in [6.45, 7) is 1.99. The third-order valence-corrected chi connectivity index (χ3v) is 5.42. The molecule has 7 nitrogen and oxygen atoms in total. The van der Waals surface area contributed by atoms with E-state index >= 15 is 0 Å². The number of halogens is 1. The molecule has 2 N–H and O–H groups in total. The lowest BCUT2D eigenvalue weighted by Gasteiger charge is -2.11. The standard InChI is InChI=1S/C19H20ClN3O4S/c1-2-3-9-22-28(25,26)16-7-8-18(17(20)11-16)27-13-19(24)23-15-6-4-5-14(10-15)12-21/h4-8,10-11,22H,2-3,9,13H2,1H3,(H,23,24). The number of nitrogens with one attached hydrogen (secondary N) is 2. The summed E-state index contributed by atoms with van der Waals surface area (Å²) in [4.78, 5) is 12.0. The van der Waals surface area contributed by atoms with E-state index in [1.807, 2.05) is 13.0 Å². The van der Waals surface area contributed by atoms with Crippen molar-refractivity contribution >= 4 is 33.2 Å². The lowest BCUT2D eigenvalue weighted by molar-refractivity contribution is -0.118. The lowest BCUT2D eigenvalue weighted by Crippen LogP contribution is -2.24. The van der Waals surface area contributed by atoms with Crippen LogP contribution in [0.3, 0.4) is 0 Å². The fraction of sp³-hybridized carbons (Fsp3) is 0.263. The quantitative estimate of drug-likeness (QED) is 0.604. The Balaban J connectivity index is 1.97. The fourth-order valence-electron chi connectivity index (χ4n) is 2.24. The summed E-state index contributed by atoms with van der Waals surface area (Å²) in [5, 5.41) is 11.6. The van der Waals surface area contributed by atoms with Gasteiger partial charge in [-0.15, -0.1) is 0 Å². The largest absolute Gasteiger partial charge is 0.482 e. The second-order valence-electron chi connectivity index (χ2n) is 5.87. The summed E-state index contributed by atoms with van der Waals surface area (Å²) in [5.41, 5.74) is 0.893. The molecule has 0 atom stereocenters. The molecular weight excluding hydrogens is 402 g/mol. The Bertz CT molecular complexity index is 987. The third kappa shape index (κ3) is 6.23. The molecule has 0 radical (unpaired) electrons. The second kappa shape index (κ2) is 10.1. The maximum atomic E-state index is 12.2. The number of hydrogen-bond acceptors (Lipinski definition) is 5. The van der Waals surface area contributed by atoms with Gasteiger partial charge < -0.3 is 10.1 Å². The van der Waals surface area contributed by atoms with Gasteiger partial charge in [-0.05, 0) is 42.8 Å². The fourth-order valence-corrected chi connectivity index (χ4v) is 3.64. The van der Waals surface area contributed by atoms with E-state index < -0.39 is 15.9 Å². The number of anilines is 1. The normalized spacial score (nSPS) is 10.9. The minimum atomic E-state index is -3.65. The average molecular weight is 422 g/mol. The van der Waals surface area contributed by atoms with E-state index in [0.717, 1.165) is 12.8 Å². The van der Waals surface area contributed by atoms with Crippen molar-refractivity contribution in [1.82, 2.24) is 4.72 Å². The summed E-state index contributed by atoms with van der Waals surface area (Å²) in [6, 6.07) is 12.5. The van der Waals surface area contributed by atoms with Crippen LogP contribution in [0.1, 0.15) is 25.3 Å². The number of nitriles is 1. The number of hydrogen-bond donors (Lipinski definition) is 2. The molecule has 9 heteroatoms. The van der Waals surface area contributed by atoms with E-state index in [4.69, 9.17) is 21.6 Å². The summed E-state index contributed by atoms with van der Waals surface area (Å²) in [7, 11) is -3.65. The van der Waals surface area contributed by atoms with Gasteiger partial charge in [-0.2, -0.15) is 5.26 Å². The number of carbonyl (C=O) groups is 1. The predicted molar refractivity (Wildman–Crippen MR) is 107 cm³/mol. The highest BCUT2D eigenvalue weighted by Crippen LogP contribution is 2.27. The van der Waals surface area contributed by atoms with Crippen molar-refractivity contribution in [2.45, 2.75) is 24.7 Å². The number of sulfonamides is 1. The molecule has 0 bridgehead atoms. The van der Waals surface area contributed by atoms with Gasteiger partial charge in [-0.1, -0.05) is 31.0 Å². The predicted octanol–water partition coefficient (Wildman–Crippen LogP) is 3.31. The van der Waals surface area contributed by atoms with Crippen LogP contribution in [-0.4, -0.2) is 27.5 Å². The first kappa shape index (κ1) is 21.7. The molecule has 0 aliphatic carbocycles. The molecule has 2 aromatic rings. The number of amides is 1. The molecule has 0 aliphatic heterocycles. The Labute approximate surface area is 169 Å². The van der Waals surface area contributed by atoms with Crippen LogP contribution in [-0.2, 0) is 14.8 Å². The van der Waals surface area contributed by atoms with Gasteiger partial charge in [0.15, 0.2) is 6.61 Å². The van der Waals surface area contributed by atoms with Gasteiger partial charge in [0, 0.05) is 12.2 Å². The Hall–Kier alpha value is -2.60. The van der Waals surface area contributed by atoms with Crippen LogP contribution < -0.4 is 14.8 Å². The molecule has 2 aromatic carbocycles. The van der Waals surface area contributed by atoms with Crippen LogP contribution in [0.4, 0.5) is 5.69 Å². The molecule has 0 aromatic heterocycles. The first-order valence-corrected chi connectivity index (χ1v) is 10.4. The van der Waals surface area contributed by atoms with Crippen molar-refractivity contribution < 1.29 is 17.9 Å². The average Bonchev–Trinajstić information content (AvgIpc) is 2.67. The van der Waals surface area contributed by atoms with Crippen molar-refractivity contribution in [2.75, 3.05) is 18.5 Å². The minimum absolute atomic E-state index is 0.0266. The minimum Gasteiger partial charge on any atom is -0.482 e. The van der Waals surface area contributed by atoms with E-state index in [1.165, 1.54) is 24.3 Å². The van der Waals surface area contributed by atoms with E-state index in [1.54, 1.807) is 18.2 Å². The van der Waals surface area contributed by atoms with Gasteiger partial charge in [-0.25, -0.2) is 13.1 Å². The van der Waals surface area contributed by atoms with Gasteiger partial charge in [0.2, 0.25) is 10.0 Å². The van der Waals surface area contributed by atoms with Crippen molar-refractivity contribution in [2.24, 2.45) is 0 Å². The van der Waals surface area contributed by atoms with Crippen molar-refractivity contribution in [3.63, 3.8) is 0 Å². The number of benzene rings is 2. The maximum Gasteiger partial charge on any atom is 0.262 e. The zero-order valence-electron chi connectivity index (χ0n) is 15.2. The van der Waals surface area contributed by atoms with E-state index in [2.05, 4.69) is 10.0 Å². The summed E-state index contributed by atoms with van der Waals surface area (Å²) in [5.74, 6) is -0.251. The first-order chi connectivity index (χ1) is 13.4. The van der Waals surface area contributed by atoms with Gasteiger partial charge >= 0.3 is 0 Å². The van der Waals surface area contributed by atoms with E-state index in [-0.39, 0.29) is 22.3 Å². The second-order valence-corrected chi connectivity index (χ2v) is 8.05. The van der Waals surface area contributed by atoms with Crippen LogP contribution in [0.2, 0.25) is 5.02 Å². The van der Waals surface area contributed by atoms with Gasteiger partial charge in [0.25, 0.3) is 5.91 Å². The smallest absolute Gasteiger partial charge is 0.262 e.